The molecule has 0 aromatic carbocycles. The third-order valence-electron chi connectivity index (χ3n) is 4.97. The van der Waals surface area contributed by atoms with Crippen LogP contribution in [0.5, 0.6) is 5.88 Å². The van der Waals surface area contributed by atoms with Crippen LogP contribution in [0.2, 0.25) is 0 Å². The van der Waals surface area contributed by atoms with Gasteiger partial charge in [0.25, 0.3) is 0 Å². The second kappa shape index (κ2) is 8.93. The van der Waals surface area contributed by atoms with E-state index in [0.29, 0.717) is 37.4 Å². The largest absolute Gasteiger partial charge is 0.477 e. The lowest BCUT2D eigenvalue weighted by Gasteiger charge is -2.39. The number of aromatic nitrogens is 1. The quantitative estimate of drug-likeness (QED) is 0.373. The fourth-order valence-electron chi connectivity index (χ4n) is 2.93. The molecule has 1 aliphatic carbocycles. The molecule has 1 saturated carbocycles. The molecule has 0 bridgehead atoms. The smallest absolute Gasteiger partial charge is 0.213 e. The number of rotatable bonds is 5. The summed E-state index contributed by atoms with van der Waals surface area (Å²) in [6.07, 6.45) is 4.32. The summed E-state index contributed by atoms with van der Waals surface area (Å²) in [6, 6.07) is 3.87. The zero-order chi connectivity index (χ0) is 18.8. The minimum absolute atomic E-state index is 0. The van der Waals surface area contributed by atoms with Gasteiger partial charge in [-0.15, -0.1) is 24.0 Å². The van der Waals surface area contributed by atoms with Crippen molar-refractivity contribution in [1.82, 2.24) is 15.2 Å². The van der Waals surface area contributed by atoms with Crippen LogP contribution in [0.4, 0.5) is 0 Å². The highest BCUT2D eigenvalue weighted by molar-refractivity contribution is 14.0. The number of nitrogens with one attached hydrogen (secondary N) is 1. The molecule has 0 radical (unpaired) electrons. The topological polar surface area (TPSA) is 83.9 Å². The van der Waals surface area contributed by atoms with Gasteiger partial charge in [0.05, 0.1) is 17.1 Å². The number of guanidine groups is 1. The van der Waals surface area contributed by atoms with Crippen LogP contribution in [-0.4, -0.2) is 61.5 Å². The number of halogens is 1. The molecule has 0 atom stereocenters. The molecule has 0 unspecified atom stereocenters. The van der Waals surface area contributed by atoms with Crippen molar-refractivity contribution in [2.24, 2.45) is 10.9 Å². The first kappa shape index (κ1) is 22.2. The lowest BCUT2D eigenvalue weighted by atomic mass is 10.2. The van der Waals surface area contributed by atoms with Gasteiger partial charge in [0.15, 0.2) is 15.8 Å². The van der Waals surface area contributed by atoms with Crippen LogP contribution in [-0.2, 0) is 16.4 Å². The maximum atomic E-state index is 12.2. The van der Waals surface area contributed by atoms with Crippen molar-refractivity contribution in [2.45, 2.75) is 38.0 Å². The number of hydrogen-bond donors (Lipinski definition) is 1. The molecule has 27 heavy (non-hydrogen) atoms. The Morgan fingerprint density at radius 3 is 2.70 bits per heavy atom. The van der Waals surface area contributed by atoms with Gasteiger partial charge in [-0.1, -0.05) is 6.07 Å². The summed E-state index contributed by atoms with van der Waals surface area (Å²) in [6.45, 7) is 5.76. The molecule has 1 aromatic heterocycles. The first-order valence-electron chi connectivity index (χ1n) is 9.06. The van der Waals surface area contributed by atoms with Gasteiger partial charge in [-0.2, -0.15) is 0 Å². The van der Waals surface area contributed by atoms with Gasteiger partial charge in [0, 0.05) is 38.9 Å². The molecule has 0 spiro atoms. The number of ether oxygens (including phenoxy) is 1. The van der Waals surface area contributed by atoms with Gasteiger partial charge in [0.1, 0.15) is 0 Å². The van der Waals surface area contributed by atoms with Gasteiger partial charge in [0.2, 0.25) is 5.88 Å². The summed E-state index contributed by atoms with van der Waals surface area (Å²) in [5.41, 5.74) is 1.02. The predicted molar refractivity (Wildman–Crippen MR) is 118 cm³/mol. The van der Waals surface area contributed by atoms with Crippen molar-refractivity contribution in [2.75, 3.05) is 32.5 Å². The number of pyridine rings is 1. The van der Waals surface area contributed by atoms with E-state index in [-0.39, 0.29) is 29.7 Å². The van der Waals surface area contributed by atoms with Crippen LogP contribution < -0.4 is 10.1 Å². The van der Waals surface area contributed by atoms with Crippen molar-refractivity contribution < 1.29 is 13.2 Å². The minimum atomic E-state index is -3.06. The second-order valence-electron chi connectivity index (χ2n) is 7.66. The summed E-state index contributed by atoms with van der Waals surface area (Å²) < 4.78 is 29.2. The molecule has 7 nitrogen and oxygen atoms in total. The van der Waals surface area contributed by atoms with E-state index in [1.165, 1.54) is 12.8 Å². The average molecular weight is 508 g/mol. The van der Waals surface area contributed by atoms with Crippen LogP contribution in [0.25, 0.3) is 0 Å². The zero-order valence-corrected chi connectivity index (χ0v) is 19.3. The lowest BCUT2D eigenvalue weighted by molar-refractivity contribution is 0.288. The fraction of sp³-hybridized carbons (Fsp3) is 0.667. The first-order chi connectivity index (χ1) is 12.3. The monoisotopic (exact) mass is 508 g/mol. The van der Waals surface area contributed by atoms with Crippen LogP contribution in [0.1, 0.15) is 32.3 Å². The summed E-state index contributed by atoms with van der Waals surface area (Å²) >= 11 is 0. The number of nitrogens with zero attached hydrogens (tertiary/aromatic N) is 3. The minimum Gasteiger partial charge on any atom is -0.477 e. The van der Waals surface area contributed by atoms with Gasteiger partial charge < -0.3 is 15.0 Å². The molecule has 1 saturated heterocycles. The molecule has 3 rings (SSSR count). The van der Waals surface area contributed by atoms with Gasteiger partial charge in [-0.05, 0) is 38.2 Å². The van der Waals surface area contributed by atoms with E-state index in [4.69, 9.17) is 4.74 Å². The molecule has 1 aromatic rings. The fourth-order valence-corrected chi connectivity index (χ4v) is 4.29. The maximum absolute atomic E-state index is 12.2. The third kappa shape index (κ3) is 5.69. The van der Waals surface area contributed by atoms with Crippen molar-refractivity contribution in [1.29, 1.82) is 0 Å². The third-order valence-corrected chi connectivity index (χ3v) is 7.50. The van der Waals surface area contributed by atoms with E-state index >= 15 is 0 Å². The Bertz CT molecular complexity index is 761. The Kier molecular flexibility index (Phi) is 7.34. The van der Waals surface area contributed by atoms with E-state index in [2.05, 4.69) is 15.3 Å². The SMILES string of the molecule is CN=C(NCc1ccc(OCC2CC2)nc1)N1CCS(=O)(=O)C(C)(C)C1.I. The Hall–Kier alpha value is -1.10. The van der Waals surface area contributed by atoms with Crippen LogP contribution in [0.3, 0.4) is 0 Å². The number of aliphatic imine (C=N–C) groups is 1. The van der Waals surface area contributed by atoms with Crippen LogP contribution >= 0.6 is 24.0 Å². The van der Waals surface area contributed by atoms with E-state index in [1.54, 1.807) is 27.1 Å². The van der Waals surface area contributed by atoms with Crippen LogP contribution in [0, 0.1) is 5.92 Å². The van der Waals surface area contributed by atoms with E-state index in [0.717, 1.165) is 12.2 Å². The standard InChI is InChI=1S/C18H28N4O3S.HI/c1-18(2)13-22(8-9-26(18,23)24)17(19-3)21-11-15-6-7-16(20-10-15)25-12-14-4-5-14;/h6-7,10,14H,4-5,8-9,11-13H2,1-3H3,(H,19,21);1H. The molecule has 152 valence electrons. The summed E-state index contributed by atoms with van der Waals surface area (Å²) in [4.78, 5) is 10.6. The molecule has 0 amide bonds. The molecule has 2 heterocycles. The van der Waals surface area contributed by atoms with E-state index in [9.17, 15) is 8.42 Å². The average Bonchev–Trinajstić information content (AvgIpc) is 3.42. The van der Waals surface area contributed by atoms with Gasteiger partial charge in [-0.25, -0.2) is 13.4 Å². The first-order valence-corrected chi connectivity index (χ1v) is 10.7. The molecule has 2 fully saturated rings. The predicted octanol–water partition coefficient (Wildman–Crippen LogP) is 2.07. The Labute approximate surface area is 178 Å². The molecular weight excluding hydrogens is 479 g/mol. The summed E-state index contributed by atoms with van der Waals surface area (Å²) in [7, 11) is -1.35. The summed E-state index contributed by atoms with van der Waals surface area (Å²) in [5, 5.41) is 3.30. The normalized spacial score (nSPS) is 21.3. The van der Waals surface area contributed by atoms with Crippen molar-refractivity contribution in [3.63, 3.8) is 0 Å². The highest BCUT2D eigenvalue weighted by Gasteiger charge is 2.40. The molecule has 2 aliphatic rings. The Balaban J connectivity index is 0.00000261. The molecular formula is C18H29IN4O3S. The molecule has 1 aliphatic heterocycles. The highest BCUT2D eigenvalue weighted by atomic mass is 127. The van der Waals surface area contributed by atoms with Gasteiger partial charge in [-0.3, -0.25) is 4.99 Å². The lowest BCUT2D eigenvalue weighted by Crippen LogP contribution is -2.57. The van der Waals surface area contributed by atoms with E-state index in [1.807, 2.05) is 17.0 Å². The summed E-state index contributed by atoms with van der Waals surface area (Å²) in [5.74, 6) is 2.23. The van der Waals surface area contributed by atoms with E-state index < -0.39 is 14.6 Å². The van der Waals surface area contributed by atoms with Gasteiger partial charge >= 0.3 is 0 Å². The Morgan fingerprint density at radius 1 is 1.41 bits per heavy atom. The zero-order valence-electron chi connectivity index (χ0n) is 16.1. The molecule has 9 heteroatoms. The maximum Gasteiger partial charge on any atom is 0.213 e. The number of hydrogen-bond acceptors (Lipinski definition) is 5. The highest BCUT2D eigenvalue weighted by Crippen LogP contribution is 2.29. The van der Waals surface area contributed by atoms with Crippen LogP contribution in [0.15, 0.2) is 23.3 Å². The second-order valence-corrected chi connectivity index (χ2v) is 10.4. The van der Waals surface area contributed by atoms with Crippen molar-refractivity contribution >= 4 is 39.8 Å². The molecule has 1 N–H and O–H groups in total. The van der Waals surface area contributed by atoms with Crippen molar-refractivity contribution in [3.05, 3.63) is 23.9 Å². The number of sulfone groups is 1. The van der Waals surface area contributed by atoms with Crippen molar-refractivity contribution in [3.8, 4) is 5.88 Å². The Morgan fingerprint density at radius 2 is 2.15 bits per heavy atom.